The van der Waals surface area contributed by atoms with Crippen molar-refractivity contribution < 1.29 is 0 Å². The fourth-order valence-corrected chi connectivity index (χ4v) is 6.69. The van der Waals surface area contributed by atoms with Crippen LogP contribution in [0.3, 0.4) is 0 Å². The van der Waals surface area contributed by atoms with E-state index in [1.807, 2.05) is 0 Å². The van der Waals surface area contributed by atoms with Crippen LogP contribution < -0.4 is 0 Å². The van der Waals surface area contributed by atoms with Crippen LogP contribution >= 0.6 is 0 Å². The third-order valence-corrected chi connectivity index (χ3v) is 9.03. The number of nitrogens with zero attached hydrogens (tertiary/aromatic N) is 3. The Morgan fingerprint density at radius 1 is 0.465 bits per heavy atom. The molecule has 0 aliphatic carbocycles. The van der Waals surface area contributed by atoms with Crippen LogP contribution in [0.25, 0.3) is 71.2 Å². The average Bonchev–Trinajstić information content (AvgIpc) is 3.37. The van der Waals surface area contributed by atoms with Gasteiger partial charge in [-0.25, -0.2) is 0 Å². The minimum Gasteiger partial charge on any atom is -0.309 e. The molecule has 0 saturated heterocycles. The molecule has 0 radical (unpaired) electrons. The van der Waals surface area contributed by atoms with Gasteiger partial charge in [-0.2, -0.15) is 0 Å². The standard InChI is InChI=1S/C40H33N3/c1-24(2)26-13-16-37-35(21-26)36-22-27(25(3)4)14-17-38(36)43(37)30-9-7-8-28(20-30)29-12-15-33-34(23-29)31-10-5-6-11-32(31)39-40(33)42-19-18-41-39/h5-25H,1-4H3. The van der Waals surface area contributed by atoms with Crippen LogP contribution in [0.1, 0.15) is 50.7 Å². The van der Waals surface area contributed by atoms with Gasteiger partial charge in [0, 0.05) is 39.6 Å². The van der Waals surface area contributed by atoms with E-state index in [2.05, 4.69) is 135 Å². The van der Waals surface area contributed by atoms with Crippen molar-refractivity contribution in [3.05, 3.63) is 127 Å². The smallest absolute Gasteiger partial charge is 0.0971 e. The van der Waals surface area contributed by atoms with Gasteiger partial charge in [0.15, 0.2) is 0 Å². The first-order valence-corrected chi connectivity index (χ1v) is 15.2. The Morgan fingerprint density at radius 2 is 1.05 bits per heavy atom. The lowest BCUT2D eigenvalue weighted by molar-refractivity contribution is 0.868. The Balaban J connectivity index is 1.35. The van der Waals surface area contributed by atoms with Gasteiger partial charge < -0.3 is 4.57 Å². The van der Waals surface area contributed by atoms with Crippen molar-refractivity contribution in [3.8, 4) is 16.8 Å². The van der Waals surface area contributed by atoms with Gasteiger partial charge in [-0.3, -0.25) is 9.97 Å². The minimum absolute atomic E-state index is 0.478. The lowest BCUT2D eigenvalue weighted by atomic mass is 9.95. The van der Waals surface area contributed by atoms with E-state index in [1.54, 1.807) is 12.4 Å². The van der Waals surface area contributed by atoms with Crippen LogP contribution in [0, 0.1) is 0 Å². The lowest BCUT2D eigenvalue weighted by Crippen LogP contribution is -1.95. The van der Waals surface area contributed by atoms with E-state index in [0.717, 1.165) is 21.8 Å². The molecular formula is C40H33N3. The van der Waals surface area contributed by atoms with Crippen LogP contribution in [0.15, 0.2) is 116 Å². The Labute approximate surface area is 251 Å². The first kappa shape index (κ1) is 25.7. The SMILES string of the molecule is CC(C)c1ccc2c(c1)c1cc(C(C)C)ccc1n2-c1cccc(-c2ccc3c(c2)c2ccccc2c2nccnc32)c1. The fourth-order valence-electron chi connectivity index (χ4n) is 6.69. The second-order valence-electron chi connectivity index (χ2n) is 12.3. The molecule has 0 amide bonds. The molecule has 0 fully saturated rings. The molecular weight excluding hydrogens is 522 g/mol. The summed E-state index contributed by atoms with van der Waals surface area (Å²) in [6, 6.07) is 38.2. The summed E-state index contributed by atoms with van der Waals surface area (Å²) in [5.41, 5.74) is 10.7. The van der Waals surface area contributed by atoms with Gasteiger partial charge in [-0.15, -0.1) is 0 Å². The molecule has 0 bridgehead atoms. The van der Waals surface area contributed by atoms with E-state index >= 15 is 0 Å². The average molecular weight is 556 g/mol. The third kappa shape index (κ3) is 4.03. The topological polar surface area (TPSA) is 30.7 Å². The predicted molar refractivity (Wildman–Crippen MR) is 183 cm³/mol. The van der Waals surface area contributed by atoms with E-state index in [-0.39, 0.29) is 0 Å². The zero-order valence-corrected chi connectivity index (χ0v) is 25.0. The highest BCUT2D eigenvalue weighted by Crippen LogP contribution is 2.38. The van der Waals surface area contributed by atoms with E-state index in [1.165, 1.54) is 60.5 Å². The number of rotatable bonds is 4. The summed E-state index contributed by atoms with van der Waals surface area (Å²) in [6.07, 6.45) is 3.57. The molecule has 0 unspecified atom stereocenters. The van der Waals surface area contributed by atoms with Crippen molar-refractivity contribution in [2.75, 3.05) is 0 Å². The molecule has 0 aliphatic rings. The first-order valence-electron chi connectivity index (χ1n) is 15.2. The number of hydrogen-bond donors (Lipinski definition) is 0. The van der Waals surface area contributed by atoms with Crippen LogP contribution in [0.4, 0.5) is 0 Å². The van der Waals surface area contributed by atoms with Crippen molar-refractivity contribution in [1.82, 2.24) is 14.5 Å². The van der Waals surface area contributed by atoms with Crippen LogP contribution in [-0.4, -0.2) is 14.5 Å². The zero-order chi connectivity index (χ0) is 29.2. The number of benzene rings is 6. The molecule has 3 nitrogen and oxygen atoms in total. The molecule has 2 heterocycles. The molecule has 2 aromatic heterocycles. The lowest BCUT2D eigenvalue weighted by Gasteiger charge is -2.13. The molecule has 43 heavy (non-hydrogen) atoms. The maximum Gasteiger partial charge on any atom is 0.0971 e. The second kappa shape index (κ2) is 9.78. The zero-order valence-electron chi connectivity index (χ0n) is 25.0. The highest BCUT2D eigenvalue weighted by atomic mass is 15.0. The summed E-state index contributed by atoms with van der Waals surface area (Å²) in [6.45, 7) is 9.08. The summed E-state index contributed by atoms with van der Waals surface area (Å²) in [5.74, 6) is 0.956. The molecule has 8 rings (SSSR count). The third-order valence-electron chi connectivity index (χ3n) is 9.03. The van der Waals surface area contributed by atoms with Gasteiger partial charge in [0.2, 0.25) is 0 Å². The number of fused-ring (bicyclic) bond motifs is 9. The summed E-state index contributed by atoms with van der Waals surface area (Å²) in [5, 5.41) is 7.30. The van der Waals surface area contributed by atoms with Crippen LogP contribution in [0.5, 0.6) is 0 Å². The molecule has 6 aromatic carbocycles. The number of aromatic nitrogens is 3. The van der Waals surface area contributed by atoms with E-state index < -0.39 is 0 Å². The number of hydrogen-bond acceptors (Lipinski definition) is 2. The van der Waals surface area contributed by atoms with E-state index in [4.69, 9.17) is 9.97 Å². The molecule has 0 atom stereocenters. The van der Waals surface area contributed by atoms with Crippen molar-refractivity contribution in [2.24, 2.45) is 0 Å². The molecule has 0 saturated carbocycles. The van der Waals surface area contributed by atoms with Gasteiger partial charge >= 0.3 is 0 Å². The summed E-state index contributed by atoms with van der Waals surface area (Å²) in [7, 11) is 0. The Hall–Kier alpha value is -5.02. The Morgan fingerprint density at radius 3 is 1.67 bits per heavy atom. The quantitative estimate of drug-likeness (QED) is 0.202. The Bertz CT molecular complexity index is 2260. The Kier molecular flexibility index (Phi) is 5.84. The summed E-state index contributed by atoms with van der Waals surface area (Å²) < 4.78 is 2.43. The monoisotopic (exact) mass is 555 g/mol. The van der Waals surface area contributed by atoms with Crippen LogP contribution in [0.2, 0.25) is 0 Å². The predicted octanol–water partition coefficient (Wildman–Crippen LogP) is 10.9. The molecule has 0 aliphatic heterocycles. The minimum atomic E-state index is 0.478. The van der Waals surface area contributed by atoms with Gasteiger partial charge in [0.25, 0.3) is 0 Å². The highest BCUT2D eigenvalue weighted by molar-refractivity contribution is 6.23. The van der Waals surface area contributed by atoms with Crippen LogP contribution in [-0.2, 0) is 0 Å². The second-order valence-corrected chi connectivity index (χ2v) is 12.3. The first-order chi connectivity index (χ1) is 21.0. The van der Waals surface area contributed by atoms with Gasteiger partial charge in [-0.05, 0) is 87.3 Å². The molecule has 3 heteroatoms. The van der Waals surface area contributed by atoms with E-state index in [9.17, 15) is 0 Å². The molecule has 0 spiro atoms. The van der Waals surface area contributed by atoms with Gasteiger partial charge in [0.05, 0.1) is 22.1 Å². The normalized spacial score (nSPS) is 12.1. The highest BCUT2D eigenvalue weighted by Gasteiger charge is 2.16. The fraction of sp³-hybridized carbons (Fsp3) is 0.150. The molecule has 0 N–H and O–H groups in total. The van der Waals surface area contributed by atoms with Crippen molar-refractivity contribution >= 4 is 54.4 Å². The summed E-state index contributed by atoms with van der Waals surface area (Å²) in [4.78, 5) is 9.43. The maximum atomic E-state index is 4.74. The van der Waals surface area contributed by atoms with Gasteiger partial charge in [0.1, 0.15) is 0 Å². The van der Waals surface area contributed by atoms with E-state index in [0.29, 0.717) is 11.8 Å². The van der Waals surface area contributed by atoms with Crippen molar-refractivity contribution in [2.45, 2.75) is 39.5 Å². The largest absolute Gasteiger partial charge is 0.309 e. The van der Waals surface area contributed by atoms with Crippen molar-refractivity contribution in [1.29, 1.82) is 0 Å². The molecule has 208 valence electrons. The summed E-state index contributed by atoms with van der Waals surface area (Å²) >= 11 is 0. The van der Waals surface area contributed by atoms with Gasteiger partial charge in [-0.1, -0.05) is 88.4 Å². The van der Waals surface area contributed by atoms with Crippen molar-refractivity contribution in [3.63, 3.8) is 0 Å². The molecule has 8 aromatic rings. The maximum absolute atomic E-state index is 4.74.